The molecule has 2 rings (SSSR count). The number of methoxy groups -OCH3 is 1. The van der Waals surface area contributed by atoms with Gasteiger partial charge in [0.2, 0.25) is 0 Å². The fourth-order valence-electron chi connectivity index (χ4n) is 2.02. The van der Waals surface area contributed by atoms with Crippen LogP contribution in [0.1, 0.15) is 44.4 Å². The van der Waals surface area contributed by atoms with Crippen LogP contribution in [-0.2, 0) is 13.2 Å². The predicted molar refractivity (Wildman–Crippen MR) is 99.8 cm³/mol. The van der Waals surface area contributed by atoms with Crippen LogP contribution in [-0.4, -0.2) is 12.3 Å². The summed E-state index contributed by atoms with van der Waals surface area (Å²) >= 11 is 0. The quantitative estimate of drug-likeness (QED) is 0.721. The Hall–Kier alpha value is -2.04. The molecule has 0 fully saturated rings. The predicted octanol–water partition coefficient (Wildman–Crippen LogP) is 5.11. The van der Waals surface area contributed by atoms with Crippen LogP contribution >= 0.6 is 0 Å². The molecule has 0 aromatic heterocycles. The van der Waals surface area contributed by atoms with E-state index in [9.17, 15) is 0 Å². The maximum Gasteiger partial charge on any atom is 0.127 e. The summed E-state index contributed by atoms with van der Waals surface area (Å²) in [5.74, 6) is 1.64. The topological polar surface area (TPSA) is 50.7 Å². The zero-order chi connectivity index (χ0) is 18.4. The molecule has 2 aromatic carbocycles. The first-order valence-electron chi connectivity index (χ1n) is 8.45. The summed E-state index contributed by atoms with van der Waals surface area (Å²) in [6.07, 6.45) is 0. The molecule has 2 aromatic rings. The Kier molecular flexibility index (Phi) is 12.3. The highest BCUT2D eigenvalue weighted by molar-refractivity contribution is 5.41. The maximum atomic E-state index is 8.86. The molecule has 24 heavy (non-hydrogen) atoms. The average Bonchev–Trinajstić information content (AvgIpc) is 2.65. The Labute approximate surface area is 146 Å². The normalized spacial score (nSPS) is 9.12. The Morgan fingerprint density at radius 2 is 1.58 bits per heavy atom. The monoisotopic (exact) mass is 333 g/mol. The van der Waals surface area contributed by atoms with Gasteiger partial charge < -0.3 is 14.7 Å². The van der Waals surface area contributed by atoms with Crippen molar-refractivity contribution in [3.8, 4) is 11.5 Å². The number of benzene rings is 2. The molecule has 0 amide bonds. The zero-order valence-corrected chi connectivity index (χ0v) is 15.7. The van der Waals surface area contributed by atoms with Crippen LogP contribution in [0.4, 0.5) is 0 Å². The molecule has 0 aliphatic heterocycles. The van der Waals surface area contributed by atoms with Gasteiger partial charge in [-0.3, -0.25) is 0 Å². The van der Waals surface area contributed by atoms with Gasteiger partial charge in [0.05, 0.1) is 7.11 Å². The average molecular weight is 333 g/mol. The lowest BCUT2D eigenvalue weighted by Gasteiger charge is -2.14. The Morgan fingerprint density at radius 3 is 2.12 bits per heavy atom. The van der Waals surface area contributed by atoms with Crippen molar-refractivity contribution >= 4 is 0 Å². The minimum atomic E-state index is 0.361. The van der Waals surface area contributed by atoms with E-state index in [1.165, 1.54) is 0 Å². The molecule has 4 nitrogen and oxygen atoms in total. The van der Waals surface area contributed by atoms with Crippen LogP contribution in [0.2, 0.25) is 0 Å². The summed E-state index contributed by atoms with van der Waals surface area (Å²) in [4.78, 5) is 0. The molecule has 0 radical (unpaired) electrons. The molecular formula is C20H31NO3. The lowest BCUT2D eigenvalue weighted by molar-refractivity contribution is 0.159. The molecule has 0 aliphatic carbocycles. The molecule has 0 saturated carbocycles. The molecule has 0 aliphatic rings. The summed E-state index contributed by atoms with van der Waals surface area (Å²) < 4.78 is 11.0. The van der Waals surface area contributed by atoms with E-state index in [2.05, 4.69) is 5.48 Å². The van der Waals surface area contributed by atoms with Gasteiger partial charge in [-0.25, -0.2) is 5.48 Å². The van der Waals surface area contributed by atoms with Crippen molar-refractivity contribution in [2.24, 2.45) is 0 Å². The highest BCUT2D eigenvalue weighted by Crippen LogP contribution is 2.24. The van der Waals surface area contributed by atoms with Gasteiger partial charge in [-0.1, -0.05) is 58.0 Å². The number of para-hydroxylation sites is 1. The first-order chi connectivity index (χ1) is 11.7. The van der Waals surface area contributed by atoms with Crippen molar-refractivity contribution in [2.45, 2.75) is 47.8 Å². The number of hydrogen-bond acceptors (Lipinski definition) is 4. The third kappa shape index (κ3) is 7.02. The van der Waals surface area contributed by atoms with Crippen molar-refractivity contribution in [2.75, 3.05) is 7.11 Å². The number of nitrogens with one attached hydrogen (secondary N) is 1. The van der Waals surface area contributed by atoms with Crippen molar-refractivity contribution < 1.29 is 14.7 Å². The fourth-order valence-corrected chi connectivity index (χ4v) is 2.02. The van der Waals surface area contributed by atoms with Crippen molar-refractivity contribution in [3.63, 3.8) is 0 Å². The summed E-state index contributed by atoms with van der Waals surface area (Å²) in [5, 5.41) is 8.86. The second kappa shape index (κ2) is 13.4. The molecule has 0 heterocycles. The number of ether oxygens (including phenoxy) is 2. The first-order valence-corrected chi connectivity index (χ1v) is 8.45. The van der Waals surface area contributed by atoms with Crippen LogP contribution in [0, 0.1) is 6.92 Å². The molecule has 4 heteroatoms. The molecule has 0 unspecified atom stereocenters. The maximum absolute atomic E-state index is 8.86. The summed E-state index contributed by atoms with van der Waals surface area (Å²) in [7, 11) is 1.65. The zero-order valence-electron chi connectivity index (χ0n) is 15.7. The highest BCUT2D eigenvalue weighted by Gasteiger charge is 2.07. The molecule has 2 N–H and O–H groups in total. The van der Waals surface area contributed by atoms with Gasteiger partial charge in [-0.05, 0) is 30.2 Å². The van der Waals surface area contributed by atoms with E-state index in [1.54, 1.807) is 7.11 Å². The van der Waals surface area contributed by atoms with Crippen molar-refractivity contribution in [1.82, 2.24) is 5.48 Å². The third-order valence-corrected chi connectivity index (χ3v) is 3.11. The lowest BCUT2D eigenvalue weighted by Crippen LogP contribution is -2.09. The van der Waals surface area contributed by atoms with E-state index < -0.39 is 0 Å². The van der Waals surface area contributed by atoms with Crippen LogP contribution in [0.25, 0.3) is 0 Å². The SMILES string of the molecule is CC.CC.COc1ccc(COc2c(C)cccc2CNO)cc1. The van der Waals surface area contributed by atoms with Gasteiger partial charge in [0, 0.05) is 12.1 Å². The molecule has 0 atom stereocenters. The summed E-state index contributed by atoms with van der Waals surface area (Å²) in [6.45, 7) is 10.8. The van der Waals surface area contributed by atoms with Gasteiger partial charge in [-0.15, -0.1) is 0 Å². The van der Waals surface area contributed by atoms with Gasteiger partial charge in [-0.2, -0.15) is 0 Å². The van der Waals surface area contributed by atoms with E-state index in [0.29, 0.717) is 13.2 Å². The largest absolute Gasteiger partial charge is 0.497 e. The summed E-state index contributed by atoms with van der Waals surface area (Å²) in [6, 6.07) is 13.6. The molecule has 0 bridgehead atoms. The van der Waals surface area contributed by atoms with Gasteiger partial charge in [0.25, 0.3) is 0 Å². The number of hydrogen-bond donors (Lipinski definition) is 2. The Balaban J connectivity index is 0.00000123. The number of aryl methyl sites for hydroxylation is 1. The lowest BCUT2D eigenvalue weighted by atomic mass is 10.1. The number of hydroxylamine groups is 1. The third-order valence-electron chi connectivity index (χ3n) is 3.11. The van der Waals surface area contributed by atoms with Gasteiger partial charge >= 0.3 is 0 Å². The van der Waals surface area contributed by atoms with Crippen LogP contribution < -0.4 is 15.0 Å². The fraction of sp³-hybridized carbons (Fsp3) is 0.400. The first kappa shape index (κ1) is 22.0. The van der Waals surface area contributed by atoms with Crippen LogP contribution in [0.15, 0.2) is 42.5 Å². The molecule has 134 valence electrons. The Bertz CT molecular complexity index is 553. The van der Waals surface area contributed by atoms with E-state index in [0.717, 1.165) is 28.2 Å². The van der Waals surface area contributed by atoms with E-state index >= 15 is 0 Å². The van der Waals surface area contributed by atoms with Gasteiger partial charge in [0.1, 0.15) is 18.1 Å². The van der Waals surface area contributed by atoms with E-state index in [1.807, 2.05) is 77.1 Å². The highest BCUT2D eigenvalue weighted by atomic mass is 16.5. The second-order valence-electron chi connectivity index (χ2n) is 4.53. The van der Waals surface area contributed by atoms with E-state index in [-0.39, 0.29) is 0 Å². The molecular weight excluding hydrogens is 302 g/mol. The minimum absolute atomic E-state index is 0.361. The van der Waals surface area contributed by atoms with E-state index in [4.69, 9.17) is 14.7 Å². The number of rotatable bonds is 6. The van der Waals surface area contributed by atoms with Crippen molar-refractivity contribution in [3.05, 3.63) is 59.2 Å². The van der Waals surface area contributed by atoms with Crippen LogP contribution in [0.5, 0.6) is 11.5 Å². The van der Waals surface area contributed by atoms with Crippen molar-refractivity contribution in [1.29, 1.82) is 0 Å². The molecule has 0 saturated heterocycles. The minimum Gasteiger partial charge on any atom is -0.497 e. The Morgan fingerprint density at radius 1 is 0.958 bits per heavy atom. The second-order valence-corrected chi connectivity index (χ2v) is 4.53. The summed E-state index contributed by atoms with van der Waals surface area (Å²) in [5.41, 5.74) is 5.21. The van der Waals surface area contributed by atoms with Gasteiger partial charge in [0.15, 0.2) is 0 Å². The van der Waals surface area contributed by atoms with Crippen LogP contribution in [0.3, 0.4) is 0 Å². The smallest absolute Gasteiger partial charge is 0.127 e. The standard InChI is InChI=1S/C16H19NO3.2C2H6/c1-12-4-3-5-14(10-17-18)16(12)20-11-13-6-8-15(19-2)9-7-13;2*1-2/h3-9,17-18H,10-11H2,1-2H3;2*1-2H3. The molecule has 0 spiro atoms.